The summed E-state index contributed by atoms with van der Waals surface area (Å²) in [4.78, 5) is 25.3. The summed E-state index contributed by atoms with van der Waals surface area (Å²) in [5.41, 5.74) is 5.98. The highest BCUT2D eigenvalue weighted by molar-refractivity contribution is 5.80. The molecule has 2 rings (SSSR count). The van der Waals surface area contributed by atoms with Crippen molar-refractivity contribution in [1.82, 2.24) is 10.2 Å². The van der Waals surface area contributed by atoms with E-state index < -0.39 is 0 Å². The molecule has 3 unspecified atom stereocenters. The standard InChI is InChI=1S/C13H23N3O2/c1-9(17)15-10-4-3-7-16(8-10)13(18)11-5-2-6-12(11)14/h10-12H,2-8,14H2,1H3,(H,15,17). The fourth-order valence-corrected chi connectivity index (χ4v) is 3.11. The Labute approximate surface area is 108 Å². The van der Waals surface area contributed by atoms with Crippen LogP contribution in [-0.4, -0.2) is 41.9 Å². The topological polar surface area (TPSA) is 75.4 Å². The van der Waals surface area contributed by atoms with E-state index in [9.17, 15) is 9.59 Å². The molecular formula is C13H23N3O2. The molecule has 3 N–H and O–H groups in total. The number of hydrogen-bond donors (Lipinski definition) is 2. The molecule has 0 bridgehead atoms. The van der Waals surface area contributed by atoms with E-state index >= 15 is 0 Å². The number of amides is 2. The number of carbonyl (C=O) groups is 2. The lowest BCUT2D eigenvalue weighted by molar-refractivity contribution is -0.137. The second-order valence-electron chi connectivity index (χ2n) is 5.53. The molecule has 5 nitrogen and oxygen atoms in total. The van der Waals surface area contributed by atoms with Crippen LogP contribution in [0.25, 0.3) is 0 Å². The predicted octanol–water partition coefficient (Wildman–Crippen LogP) is 0.241. The highest BCUT2D eigenvalue weighted by atomic mass is 16.2. The summed E-state index contributed by atoms with van der Waals surface area (Å²) in [6, 6.07) is 0.136. The quantitative estimate of drug-likeness (QED) is 0.740. The third-order valence-electron chi connectivity index (χ3n) is 4.03. The van der Waals surface area contributed by atoms with E-state index in [1.807, 2.05) is 4.90 Å². The zero-order chi connectivity index (χ0) is 13.1. The van der Waals surface area contributed by atoms with E-state index in [2.05, 4.69) is 5.32 Å². The van der Waals surface area contributed by atoms with Gasteiger partial charge < -0.3 is 16.0 Å². The first-order chi connectivity index (χ1) is 8.58. The summed E-state index contributed by atoms with van der Waals surface area (Å²) in [6.45, 7) is 2.97. The third-order valence-corrected chi connectivity index (χ3v) is 4.03. The number of hydrogen-bond acceptors (Lipinski definition) is 3. The first kappa shape index (κ1) is 13.3. The van der Waals surface area contributed by atoms with Crippen LogP contribution in [0.5, 0.6) is 0 Å². The lowest BCUT2D eigenvalue weighted by atomic mass is 9.99. The van der Waals surface area contributed by atoms with E-state index in [4.69, 9.17) is 5.73 Å². The lowest BCUT2D eigenvalue weighted by Gasteiger charge is -2.35. The van der Waals surface area contributed by atoms with Gasteiger partial charge in [-0.1, -0.05) is 6.42 Å². The van der Waals surface area contributed by atoms with Crippen LogP contribution in [0.3, 0.4) is 0 Å². The molecule has 0 spiro atoms. The normalized spacial score (nSPS) is 32.3. The van der Waals surface area contributed by atoms with Crippen LogP contribution < -0.4 is 11.1 Å². The lowest BCUT2D eigenvalue weighted by Crippen LogP contribution is -2.52. The molecule has 3 atom stereocenters. The fraction of sp³-hybridized carbons (Fsp3) is 0.846. The van der Waals surface area contributed by atoms with Gasteiger partial charge >= 0.3 is 0 Å². The van der Waals surface area contributed by atoms with Crippen LogP contribution in [-0.2, 0) is 9.59 Å². The van der Waals surface area contributed by atoms with Gasteiger partial charge in [0, 0.05) is 32.1 Å². The molecule has 2 amide bonds. The maximum Gasteiger partial charge on any atom is 0.227 e. The van der Waals surface area contributed by atoms with Gasteiger partial charge in [-0.25, -0.2) is 0 Å². The summed E-state index contributed by atoms with van der Waals surface area (Å²) in [5, 5.41) is 2.90. The number of nitrogens with zero attached hydrogens (tertiary/aromatic N) is 1. The highest BCUT2D eigenvalue weighted by Crippen LogP contribution is 2.27. The van der Waals surface area contributed by atoms with E-state index in [0.717, 1.165) is 38.6 Å². The molecule has 102 valence electrons. The molecule has 1 saturated heterocycles. The van der Waals surface area contributed by atoms with Crippen molar-refractivity contribution in [1.29, 1.82) is 0 Å². The SMILES string of the molecule is CC(=O)NC1CCCN(C(=O)C2CCCC2N)C1. The maximum absolute atomic E-state index is 12.4. The molecule has 1 heterocycles. The highest BCUT2D eigenvalue weighted by Gasteiger charge is 2.35. The van der Waals surface area contributed by atoms with Crippen LogP contribution in [0.2, 0.25) is 0 Å². The van der Waals surface area contributed by atoms with E-state index in [0.29, 0.717) is 6.54 Å². The number of nitrogens with one attached hydrogen (secondary N) is 1. The molecule has 1 saturated carbocycles. The van der Waals surface area contributed by atoms with Crippen LogP contribution in [0.1, 0.15) is 39.0 Å². The summed E-state index contributed by atoms with van der Waals surface area (Å²) in [7, 11) is 0. The predicted molar refractivity (Wildman–Crippen MR) is 68.7 cm³/mol. The molecule has 0 aromatic rings. The average molecular weight is 253 g/mol. The van der Waals surface area contributed by atoms with Crippen molar-refractivity contribution >= 4 is 11.8 Å². The Bertz CT molecular complexity index is 332. The van der Waals surface area contributed by atoms with Crippen LogP contribution in [0.4, 0.5) is 0 Å². The van der Waals surface area contributed by atoms with Crippen LogP contribution in [0, 0.1) is 5.92 Å². The monoisotopic (exact) mass is 253 g/mol. The van der Waals surface area contributed by atoms with Gasteiger partial charge in [0.25, 0.3) is 0 Å². The molecule has 0 aromatic heterocycles. The van der Waals surface area contributed by atoms with Gasteiger partial charge in [0.05, 0.1) is 5.92 Å². The smallest absolute Gasteiger partial charge is 0.227 e. The number of nitrogens with two attached hydrogens (primary N) is 1. The maximum atomic E-state index is 12.4. The largest absolute Gasteiger partial charge is 0.352 e. The van der Waals surface area contributed by atoms with E-state index in [-0.39, 0.29) is 29.8 Å². The van der Waals surface area contributed by atoms with Crippen molar-refractivity contribution in [2.45, 2.75) is 51.1 Å². The summed E-state index contributed by atoms with van der Waals surface area (Å²) >= 11 is 0. The van der Waals surface area contributed by atoms with E-state index in [1.54, 1.807) is 0 Å². The second-order valence-corrected chi connectivity index (χ2v) is 5.53. The minimum atomic E-state index is -0.0214. The van der Waals surface area contributed by atoms with Crippen molar-refractivity contribution in [3.05, 3.63) is 0 Å². The molecule has 5 heteroatoms. The van der Waals surface area contributed by atoms with Gasteiger partial charge in [0.2, 0.25) is 11.8 Å². The van der Waals surface area contributed by atoms with Crippen LogP contribution in [0.15, 0.2) is 0 Å². The molecular weight excluding hydrogens is 230 g/mol. The number of piperidine rings is 1. The third kappa shape index (κ3) is 3.02. The van der Waals surface area contributed by atoms with Crippen molar-refractivity contribution < 1.29 is 9.59 Å². The molecule has 2 aliphatic rings. The zero-order valence-corrected chi connectivity index (χ0v) is 11.0. The molecule has 2 fully saturated rings. The zero-order valence-electron chi connectivity index (χ0n) is 11.0. The molecule has 1 aliphatic carbocycles. The van der Waals surface area contributed by atoms with Gasteiger partial charge in [0.15, 0.2) is 0 Å². The minimum Gasteiger partial charge on any atom is -0.352 e. The molecule has 0 aromatic carbocycles. The fourth-order valence-electron chi connectivity index (χ4n) is 3.11. The Morgan fingerprint density at radius 2 is 2.00 bits per heavy atom. The van der Waals surface area contributed by atoms with Gasteiger partial charge in [0.1, 0.15) is 0 Å². The Morgan fingerprint density at radius 3 is 2.61 bits per heavy atom. The van der Waals surface area contributed by atoms with Gasteiger partial charge in [-0.2, -0.15) is 0 Å². The van der Waals surface area contributed by atoms with Gasteiger partial charge in [-0.15, -0.1) is 0 Å². The van der Waals surface area contributed by atoms with Crippen molar-refractivity contribution in [2.75, 3.05) is 13.1 Å². The molecule has 1 aliphatic heterocycles. The number of likely N-dealkylation sites (tertiary alicyclic amines) is 1. The first-order valence-electron chi connectivity index (χ1n) is 6.89. The van der Waals surface area contributed by atoms with Crippen molar-refractivity contribution in [3.8, 4) is 0 Å². The Morgan fingerprint density at radius 1 is 1.22 bits per heavy atom. The number of rotatable bonds is 2. The number of carbonyl (C=O) groups excluding carboxylic acids is 2. The summed E-state index contributed by atoms with van der Waals surface area (Å²) in [5.74, 6) is 0.169. The van der Waals surface area contributed by atoms with E-state index in [1.165, 1.54) is 6.92 Å². The average Bonchev–Trinajstić information content (AvgIpc) is 2.74. The Kier molecular flexibility index (Phi) is 4.22. The van der Waals surface area contributed by atoms with Gasteiger partial charge in [-0.3, -0.25) is 9.59 Å². The first-order valence-corrected chi connectivity index (χ1v) is 6.89. The Hall–Kier alpha value is -1.10. The molecule has 0 radical (unpaired) electrons. The van der Waals surface area contributed by atoms with Crippen molar-refractivity contribution in [3.63, 3.8) is 0 Å². The Balaban J connectivity index is 1.91. The summed E-state index contributed by atoms with van der Waals surface area (Å²) in [6.07, 6.45) is 4.85. The van der Waals surface area contributed by atoms with Crippen LogP contribution >= 0.6 is 0 Å². The summed E-state index contributed by atoms with van der Waals surface area (Å²) < 4.78 is 0. The van der Waals surface area contributed by atoms with Gasteiger partial charge in [-0.05, 0) is 25.7 Å². The molecule has 18 heavy (non-hydrogen) atoms. The van der Waals surface area contributed by atoms with Crippen molar-refractivity contribution in [2.24, 2.45) is 11.7 Å². The second kappa shape index (κ2) is 5.69. The minimum absolute atomic E-state index is 0.000998.